The van der Waals surface area contributed by atoms with Crippen molar-refractivity contribution in [3.63, 3.8) is 0 Å². The van der Waals surface area contributed by atoms with Crippen molar-refractivity contribution in [1.29, 1.82) is 0 Å². The molecule has 3 rings (SSSR count). The number of nitrogens with one attached hydrogen (secondary N) is 1. The summed E-state index contributed by atoms with van der Waals surface area (Å²) in [5.41, 5.74) is -1.49. The minimum atomic E-state index is -4.65. The Morgan fingerprint density at radius 2 is 1.88 bits per heavy atom. The Balaban J connectivity index is 1.72. The largest absolute Gasteiger partial charge is 0.444 e. The lowest BCUT2D eigenvalue weighted by Crippen LogP contribution is -2.51. The fourth-order valence-corrected chi connectivity index (χ4v) is 3.44. The summed E-state index contributed by atoms with van der Waals surface area (Å²) in [6.45, 7) is 4.99. The van der Waals surface area contributed by atoms with E-state index < -0.39 is 47.4 Å². The van der Waals surface area contributed by atoms with Gasteiger partial charge in [0.05, 0.1) is 24.2 Å². The second-order valence-corrected chi connectivity index (χ2v) is 8.83. The third-order valence-electron chi connectivity index (χ3n) is 4.93. The molecule has 1 saturated heterocycles. The summed E-state index contributed by atoms with van der Waals surface area (Å²) in [7, 11) is 0. The van der Waals surface area contributed by atoms with E-state index in [1.807, 2.05) is 0 Å². The maximum Gasteiger partial charge on any atom is 0.434 e. The molecule has 0 saturated carbocycles. The van der Waals surface area contributed by atoms with Crippen molar-refractivity contribution >= 4 is 12.0 Å². The van der Waals surface area contributed by atoms with E-state index in [-0.39, 0.29) is 30.8 Å². The van der Waals surface area contributed by atoms with E-state index in [1.54, 1.807) is 20.8 Å². The van der Waals surface area contributed by atoms with E-state index in [0.29, 0.717) is 11.8 Å². The Bertz CT molecular complexity index is 1050. The molecule has 2 aromatic rings. The Morgan fingerprint density at radius 1 is 1.18 bits per heavy atom. The molecule has 0 radical (unpaired) electrons. The van der Waals surface area contributed by atoms with Crippen LogP contribution in [0.5, 0.6) is 0 Å². The first kappa shape index (κ1) is 25.3. The highest BCUT2D eigenvalue weighted by Crippen LogP contribution is 2.28. The van der Waals surface area contributed by atoms with Crippen molar-refractivity contribution in [3.8, 4) is 11.3 Å². The number of halogens is 4. The van der Waals surface area contributed by atoms with Gasteiger partial charge >= 0.3 is 12.3 Å². The molecule has 34 heavy (non-hydrogen) atoms. The van der Waals surface area contributed by atoms with Crippen LogP contribution in [0.3, 0.4) is 0 Å². The van der Waals surface area contributed by atoms with Crippen LogP contribution in [0, 0.1) is 5.82 Å². The monoisotopic (exact) mass is 484 g/mol. The smallest absolute Gasteiger partial charge is 0.434 e. The Labute approximate surface area is 193 Å². The van der Waals surface area contributed by atoms with Crippen LogP contribution in [-0.4, -0.2) is 56.3 Å². The highest BCUT2D eigenvalue weighted by molar-refractivity contribution is 5.87. The number of carbonyl (C=O) groups excluding carboxylic acids is 2. The summed E-state index contributed by atoms with van der Waals surface area (Å²) in [6.07, 6.45) is -4.87. The van der Waals surface area contributed by atoms with Crippen LogP contribution in [0.2, 0.25) is 0 Å². The van der Waals surface area contributed by atoms with E-state index in [1.165, 1.54) is 6.07 Å². The highest BCUT2D eigenvalue weighted by atomic mass is 19.4. The highest BCUT2D eigenvalue weighted by Gasteiger charge is 2.42. The van der Waals surface area contributed by atoms with Crippen LogP contribution in [-0.2, 0) is 22.3 Å². The third kappa shape index (κ3) is 6.19. The quantitative estimate of drug-likeness (QED) is 0.646. The van der Waals surface area contributed by atoms with Gasteiger partial charge in [0.1, 0.15) is 17.5 Å². The Hall–Kier alpha value is -3.28. The minimum Gasteiger partial charge on any atom is -0.444 e. The number of amides is 2. The van der Waals surface area contributed by atoms with Crippen molar-refractivity contribution in [2.24, 2.45) is 0 Å². The summed E-state index contributed by atoms with van der Waals surface area (Å²) in [6, 6.07) is 2.48. The van der Waals surface area contributed by atoms with Crippen LogP contribution in [0.1, 0.15) is 38.4 Å². The normalized spacial score (nSPS) is 18.6. The number of hydrogen-bond acceptors (Lipinski definition) is 6. The van der Waals surface area contributed by atoms with Crippen LogP contribution in [0.15, 0.2) is 30.6 Å². The van der Waals surface area contributed by atoms with E-state index in [9.17, 15) is 32.3 Å². The molecule has 8 nitrogen and oxygen atoms in total. The number of aromatic nitrogens is 2. The van der Waals surface area contributed by atoms with Gasteiger partial charge in [0.2, 0.25) is 5.91 Å². The first-order valence-electron chi connectivity index (χ1n) is 10.4. The maximum atomic E-state index is 14.1. The lowest BCUT2D eigenvalue weighted by atomic mass is 10.1. The van der Waals surface area contributed by atoms with E-state index in [4.69, 9.17) is 4.74 Å². The average molecular weight is 484 g/mol. The third-order valence-corrected chi connectivity index (χ3v) is 4.93. The van der Waals surface area contributed by atoms with Gasteiger partial charge in [0.25, 0.3) is 0 Å². The zero-order valence-electron chi connectivity index (χ0n) is 18.7. The topological polar surface area (TPSA) is 105 Å². The summed E-state index contributed by atoms with van der Waals surface area (Å²) in [5.74, 6) is -1.35. The average Bonchev–Trinajstić information content (AvgIpc) is 3.11. The molecule has 1 fully saturated rings. The second kappa shape index (κ2) is 9.53. The van der Waals surface area contributed by atoms with Crippen molar-refractivity contribution in [1.82, 2.24) is 20.2 Å². The van der Waals surface area contributed by atoms with Gasteiger partial charge in [-0.25, -0.2) is 14.2 Å². The standard InChI is InChI=1S/C22H24F4N4O4/c1-21(2,3)34-20(33)30-5-4-16(31)18(30)19(32)29-9-12-6-13(8-14(23)7-12)15-10-28-17(11-27-15)22(24,25)26/h6-8,10-11,16,18,31H,4-5,9H2,1-3H3,(H,29,32). The summed E-state index contributed by atoms with van der Waals surface area (Å²) in [5, 5.41) is 12.8. The number of aliphatic hydroxyl groups excluding tert-OH is 1. The lowest BCUT2D eigenvalue weighted by Gasteiger charge is -2.28. The van der Waals surface area contributed by atoms with Gasteiger partial charge in [-0.1, -0.05) is 0 Å². The molecule has 1 aromatic heterocycles. The van der Waals surface area contributed by atoms with E-state index in [2.05, 4.69) is 15.3 Å². The SMILES string of the molecule is CC(C)(C)OC(=O)N1CCC(O)C1C(=O)NCc1cc(F)cc(-c2cnc(C(F)(F)F)cn2)c1. The molecule has 2 unspecified atom stereocenters. The maximum absolute atomic E-state index is 14.1. The molecule has 1 aliphatic rings. The summed E-state index contributed by atoms with van der Waals surface area (Å²) >= 11 is 0. The molecule has 12 heteroatoms. The molecule has 2 amide bonds. The molecule has 2 N–H and O–H groups in total. The fraction of sp³-hybridized carbons (Fsp3) is 0.455. The molecule has 0 bridgehead atoms. The van der Waals surface area contributed by atoms with Crippen LogP contribution in [0.25, 0.3) is 11.3 Å². The van der Waals surface area contributed by atoms with Gasteiger partial charge in [-0.15, -0.1) is 0 Å². The number of carbonyl (C=O) groups is 2. The number of likely N-dealkylation sites (tertiary alicyclic amines) is 1. The molecule has 0 spiro atoms. The van der Waals surface area contributed by atoms with Crippen LogP contribution in [0.4, 0.5) is 22.4 Å². The molecule has 184 valence electrons. The summed E-state index contributed by atoms with van der Waals surface area (Å²) in [4.78, 5) is 33.3. The van der Waals surface area contributed by atoms with Gasteiger partial charge < -0.3 is 15.2 Å². The predicted molar refractivity (Wildman–Crippen MR) is 112 cm³/mol. The number of benzene rings is 1. The number of ether oxygens (including phenoxy) is 1. The molecular formula is C22H24F4N4O4. The van der Waals surface area contributed by atoms with Gasteiger partial charge in [0, 0.05) is 18.7 Å². The molecule has 2 heterocycles. The van der Waals surface area contributed by atoms with Crippen molar-refractivity contribution in [2.45, 2.75) is 57.7 Å². The lowest BCUT2D eigenvalue weighted by molar-refractivity contribution is -0.141. The number of hydrogen-bond donors (Lipinski definition) is 2. The Morgan fingerprint density at radius 3 is 2.47 bits per heavy atom. The van der Waals surface area contributed by atoms with Gasteiger partial charge in [-0.3, -0.25) is 14.7 Å². The van der Waals surface area contributed by atoms with Crippen LogP contribution >= 0.6 is 0 Å². The van der Waals surface area contributed by atoms with E-state index in [0.717, 1.165) is 23.2 Å². The van der Waals surface area contributed by atoms with Crippen molar-refractivity contribution < 1.29 is 37.0 Å². The minimum absolute atomic E-state index is 0.0161. The van der Waals surface area contributed by atoms with Gasteiger partial charge in [-0.2, -0.15) is 13.2 Å². The molecule has 1 aliphatic heterocycles. The molecular weight excluding hydrogens is 460 g/mol. The zero-order valence-corrected chi connectivity index (χ0v) is 18.7. The zero-order chi connectivity index (χ0) is 25.3. The van der Waals surface area contributed by atoms with Gasteiger partial charge in [-0.05, 0) is 51.0 Å². The number of alkyl halides is 3. The number of nitrogens with zero attached hydrogens (tertiary/aromatic N) is 3. The van der Waals surface area contributed by atoms with Crippen LogP contribution < -0.4 is 5.32 Å². The molecule has 1 aromatic carbocycles. The Kier molecular flexibility index (Phi) is 7.10. The van der Waals surface area contributed by atoms with Crippen molar-refractivity contribution in [3.05, 3.63) is 47.7 Å². The van der Waals surface area contributed by atoms with Crippen molar-refractivity contribution in [2.75, 3.05) is 6.54 Å². The first-order valence-corrected chi connectivity index (χ1v) is 10.4. The molecule has 0 aliphatic carbocycles. The first-order chi connectivity index (χ1) is 15.7. The number of aliphatic hydroxyl groups is 1. The predicted octanol–water partition coefficient (Wildman–Crippen LogP) is 3.29. The molecule has 2 atom stereocenters. The second-order valence-electron chi connectivity index (χ2n) is 8.83. The number of rotatable bonds is 4. The summed E-state index contributed by atoms with van der Waals surface area (Å²) < 4.78 is 57.5. The fourth-order valence-electron chi connectivity index (χ4n) is 3.44. The van der Waals surface area contributed by atoms with Gasteiger partial charge in [0.15, 0.2) is 5.69 Å². The van der Waals surface area contributed by atoms with E-state index >= 15 is 0 Å².